The Morgan fingerprint density at radius 1 is 0.492 bits per heavy atom. The number of nitrogens with zero attached hydrogens (tertiary/aromatic N) is 3. The third-order valence-electron chi connectivity index (χ3n) is 9.31. The van der Waals surface area contributed by atoms with Crippen LogP contribution < -0.4 is 9.47 Å². The third kappa shape index (κ3) is 10.6. The number of halogens is 9. The second kappa shape index (κ2) is 17.4. The van der Waals surface area contributed by atoms with Crippen LogP contribution in [-0.2, 0) is 23.3 Å². The Kier molecular flexibility index (Phi) is 12.0. The van der Waals surface area contributed by atoms with Gasteiger partial charge < -0.3 is 14.2 Å². The fourth-order valence-electron chi connectivity index (χ4n) is 6.02. The van der Waals surface area contributed by atoms with Gasteiger partial charge in [0.25, 0.3) is 0 Å². The molecular weight excluding hydrogens is 849 g/mol. The second-order valence-corrected chi connectivity index (χ2v) is 13.7. The Morgan fingerprint density at radius 2 is 0.889 bits per heavy atom. The Hall–Kier alpha value is -7.63. The second-order valence-electron chi connectivity index (χ2n) is 13.7. The smallest absolute Gasteiger partial charge is 0.417 e. The van der Waals surface area contributed by atoms with Gasteiger partial charge >= 0.3 is 36.4 Å². The highest BCUT2D eigenvalue weighted by Crippen LogP contribution is 2.34. The van der Waals surface area contributed by atoms with E-state index in [2.05, 4.69) is 15.0 Å². The quantitative estimate of drug-likeness (QED) is 0.0795. The number of esters is 3. The Balaban J connectivity index is 1.09. The van der Waals surface area contributed by atoms with Crippen molar-refractivity contribution in [2.75, 3.05) is 0 Å². The lowest BCUT2D eigenvalue weighted by Gasteiger charge is -2.16. The highest BCUT2D eigenvalue weighted by Gasteiger charge is 2.33. The van der Waals surface area contributed by atoms with Crippen LogP contribution in [-0.4, -0.2) is 32.9 Å². The van der Waals surface area contributed by atoms with E-state index in [1.165, 1.54) is 78.9 Å². The molecule has 0 saturated carbocycles. The van der Waals surface area contributed by atoms with Gasteiger partial charge in [-0.3, -0.25) is 15.0 Å². The maximum Gasteiger partial charge on any atom is 0.417 e. The molecule has 0 saturated heterocycles. The minimum absolute atomic E-state index is 0.0232. The molecule has 0 bridgehead atoms. The van der Waals surface area contributed by atoms with Crippen LogP contribution in [0.2, 0.25) is 0 Å². The summed E-state index contributed by atoms with van der Waals surface area (Å²) in [7, 11) is 0. The first-order valence-electron chi connectivity index (χ1n) is 18.3. The lowest BCUT2D eigenvalue weighted by molar-refractivity contribution is -0.138. The van der Waals surface area contributed by atoms with Gasteiger partial charge in [-0.1, -0.05) is 6.08 Å². The average Bonchev–Trinajstić information content (AvgIpc) is 3.26. The molecule has 0 aliphatic heterocycles. The number of aromatic nitrogens is 3. The number of allylic oxidation sites excluding steroid dienone is 3. The maximum absolute atomic E-state index is 13.5. The number of alkyl halides is 9. The van der Waals surface area contributed by atoms with Gasteiger partial charge in [-0.05, 0) is 122 Å². The Labute approximate surface area is 350 Å². The molecule has 1 aliphatic carbocycles. The molecule has 0 fully saturated rings. The minimum Gasteiger partial charge on any atom is -0.423 e. The summed E-state index contributed by atoms with van der Waals surface area (Å²) >= 11 is 0. The molecule has 1 aliphatic rings. The normalized spacial score (nSPS) is 14.1. The van der Waals surface area contributed by atoms with Crippen molar-refractivity contribution in [1.82, 2.24) is 15.0 Å². The van der Waals surface area contributed by atoms with E-state index in [9.17, 15) is 53.9 Å². The van der Waals surface area contributed by atoms with Crippen molar-refractivity contribution in [2.24, 2.45) is 0 Å². The lowest BCUT2D eigenvalue weighted by atomic mass is 9.95. The first-order valence-corrected chi connectivity index (χ1v) is 18.3. The van der Waals surface area contributed by atoms with Crippen molar-refractivity contribution in [3.05, 3.63) is 185 Å². The summed E-state index contributed by atoms with van der Waals surface area (Å²) in [6.45, 7) is 0. The molecule has 9 nitrogen and oxygen atoms in total. The maximum atomic E-state index is 13.5. The van der Waals surface area contributed by atoms with Crippen molar-refractivity contribution in [1.29, 1.82) is 0 Å². The largest absolute Gasteiger partial charge is 0.423 e. The molecule has 0 amide bonds. The van der Waals surface area contributed by atoms with Crippen molar-refractivity contribution < 1.29 is 68.1 Å². The van der Waals surface area contributed by atoms with Gasteiger partial charge in [-0.2, -0.15) is 39.5 Å². The molecule has 0 spiro atoms. The monoisotopic (exact) mass is 875 g/mol. The number of carbonyl (C=O) groups is 3. The van der Waals surface area contributed by atoms with Crippen molar-refractivity contribution >= 4 is 17.9 Å². The number of pyridine rings is 3. The van der Waals surface area contributed by atoms with E-state index >= 15 is 0 Å². The molecule has 3 aromatic carbocycles. The van der Waals surface area contributed by atoms with Gasteiger partial charge in [0.1, 0.15) is 17.3 Å². The SMILES string of the molecule is O=C(OC1=CCC(c2ccc(C(F)(F)F)cn2)C=C1)c1cc(C(=O)Oc2ccc(-c3ccc(C(F)(F)F)cn3)cc2)cc(C(=O)Oc2ccc(-c3ccc(C(F)(F)F)cn3)cc2)c1. The van der Waals surface area contributed by atoms with Gasteiger partial charge in [-0.15, -0.1) is 0 Å². The molecule has 3 aromatic heterocycles. The van der Waals surface area contributed by atoms with Gasteiger partial charge in [-0.25, -0.2) is 14.4 Å². The van der Waals surface area contributed by atoms with Crippen LogP contribution in [0.15, 0.2) is 146 Å². The van der Waals surface area contributed by atoms with Crippen LogP contribution in [0, 0.1) is 0 Å². The van der Waals surface area contributed by atoms with E-state index in [0.29, 0.717) is 29.2 Å². The van der Waals surface area contributed by atoms with Crippen LogP contribution >= 0.6 is 0 Å². The summed E-state index contributed by atoms with van der Waals surface area (Å²) in [6.07, 6.45) is -6.96. The molecule has 6 aromatic rings. The highest BCUT2D eigenvalue weighted by molar-refractivity contribution is 6.01. The van der Waals surface area contributed by atoms with Gasteiger partial charge in [0.05, 0.1) is 44.8 Å². The first-order chi connectivity index (χ1) is 29.8. The fourth-order valence-corrected chi connectivity index (χ4v) is 6.02. The van der Waals surface area contributed by atoms with E-state index in [1.807, 2.05) is 0 Å². The van der Waals surface area contributed by atoms with Crippen LogP contribution in [0.25, 0.3) is 22.5 Å². The summed E-state index contributed by atoms with van der Waals surface area (Å²) in [5.41, 5.74) is -2.16. The summed E-state index contributed by atoms with van der Waals surface area (Å²) in [5, 5.41) is 0. The van der Waals surface area contributed by atoms with E-state index in [1.54, 1.807) is 6.08 Å². The van der Waals surface area contributed by atoms with Gasteiger partial charge in [0.2, 0.25) is 0 Å². The molecule has 63 heavy (non-hydrogen) atoms. The van der Waals surface area contributed by atoms with E-state index in [-0.39, 0.29) is 51.8 Å². The molecule has 1 atom stereocenters. The number of hydrogen-bond acceptors (Lipinski definition) is 9. The standard InChI is InChI=1S/C45H26F9N3O6/c46-43(47,48)31-7-16-37(55-22-31)25-1-10-34(11-2-25)61-40(58)28-19-29(41(59)62-35-12-3-26(4-13-35)38-17-8-32(23-56-38)44(49,50)51)21-30(20-28)42(60)63-36-14-5-27(6-15-36)39-18-9-33(24-57-39)45(52,53)54/h1-5,7-24,27H,6H2. The summed E-state index contributed by atoms with van der Waals surface area (Å²) in [6, 6.07) is 20.7. The Bertz CT molecular complexity index is 2580. The molecule has 18 heteroatoms. The highest BCUT2D eigenvalue weighted by atomic mass is 19.4. The topological polar surface area (TPSA) is 118 Å². The predicted molar refractivity (Wildman–Crippen MR) is 205 cm³/mol. The number of benzene rings is 3. The number of hydrogen-bond donors (Lipinski definition) is 0. The molecule has 1 unspecified atom stereocenters. The fraction of sp³-hybridized carbons (Fsp3) is 0.111. The zero-order valence-corrected chi connectivity index (χ0v) is 31.8. The molecular formula is C45H26F9N3O6. The third-order valence-corrected chi connectivity index (χ3v) is 9.31. The summed E-state index contributed by atoms with van der Waals surface area (Å²) < 4.78 is 133. The molecule has 0 N–H and O–H groups in total. The van der Waals surface area contributed by atoms with Crippen LogP contribution in [0.4, 0.5) is 39.5 Å². The van der Waals surface area contributed by atoms with Crippen LogP contribution in [0.3, 0.4) is 0 Å². The van der Waals surface area contributed by atoms with Crippen molar-refractivity contribution in [3.63, 3.8) is 0 Å². The number of rotatable bonds is 9. The van der Waals surface area contributed by atoms with Crippen molar-refractivity contribution in [2.45, 2.75) is 30.9 Å². The van der Waals surface area contributed by atoms with E-state index in [4.69, 9.17) is 14.2 Å². The predicted octanol–water partition coefficient (Wildman–Crippen LogP) is 11.5. The minimum atomic E-state index is -4.58. The van der Waals surface area contributed by atoms with Crippen LogP contribution in [0.5, 0.6) is 11.5 Å². The van der Waals surface area contributed by atoms with Crippen LogP contribution in [0.1, 0.15) is 65.8 Å². The number of ether oxygens (including phenoxy) is 3. The molecule has 7 rings (SSSR count). The lowest BCUT2D eigenvalue weighted by Crippen LogP contribution is -2.16. The van der Waals surface area contributed by atoms with Gasteiger partial charge in [0.15, 0.2) is 0 Å². The zero-order chi connectivity index (χ0) is 45.1. The number of carbonyl (C=O) groups excluding carboxylic acids is 3. The van der Waals surface area contributed by atoms with E-state index < -0.39 is 59.0 Å². The Morgan fingerprint density at radius 3 is 1.22 bits per heavy atom. The van der Waals surface area contributed by atoms with Gasteiger partial charge in [0, 0.05) is 41.3 Å². The summed E-state index contributed by atoms with van der Waals surface area (Å²) in [4.78, 5) is 52.1. The van der Waals surface area contributed by atoms with Crippen molar-refractivity contribution in [3.8, 4) is 34.0 Å². The first kappa shape index (κ1) is 43.5. The molecule has 320 valence electrons. The molecule has 0 radical (unpaired) electrons. The van der Waals surface area contributed by atoms with E-state index in [0.717, 1.165) is 42.6 Å². The zero-order valence-electron chi connectivity index (χ0n) is 31.8. The molecule has 3 heterocycles. The summed E-state index contributed by atoms with van der Waals surface area (Å²) in [5.74, 6) is -3.55. The average molecular weight is 876 g/mol.